The van der Waals surface area contributed by atoms with Crippen LogP contribution in [0.4, 0.5) is 5.69 Å². The molecule has 0 radical (unpaired) electrons. The monoisotopic (exact) mass is 255 g/mol. The molecular formula is C16H17NO2. The summed E-state index contributed by atoms with van der Waals surface area (Å²) in [6.07, 6.45) is 0. The minimum absolute atomic E-state index is 0.152. The molecule has 3 heteroatoms. The molecule has 2 aromatic rings. The first-order valence-electron chi connectivity index (χ1n) is 6.15. The predicted octanol–water partition coefficient (Wildman–Crippen LogP) is 3.57. The van der Waals surface area contributed by atoms with E-state index in [9.17, 15) is 9.90 Å². The fourth-order valence-electron chi connectivity index (χ4n) is 2.18. The summed E-state index contributed by atoms with van der Waals surface area (Å²) in [5.74, 6) is -0.0192. The fourth-order valence-corrected chi connectivity index (χ4v) is 2.18. The van der Waals surface area contributed by atoms with Crippen LogP contribution in [0.5, 0.6) is 5.75 Å². The molecule has 0 aliphatic carbocycles. The van der Waals surface area contributed by atoms with E-state index in [-0.39, 0.29) is 11.7 Å². The van der Waals surface area contributed by atoms with Gasteiger partial charge < -0.3 is 10.4 Å². The Morgan fingerprint density at radius 3 is 2.05 bits per heavy atom. The Kier molecular flexibility index (Phi) is 3.56. The highest BCUT2D eigenvalue weighted by Crippen LogP contribution is 2.22. The Morgan fingerprint density at radius 2 is 1.53 bits per heavy atom. The third kappa shape index (κ3) is 2.94. The summed E-state index contributed by atoms with van der Waals surface area (Å²) in [5.41, 5.74) is 4.65. The number of carbonyl (C=O) groups is 1. The number of benzene rings is 2. The Morgan fingerprint density at radius 1 is 1.00 bits per heavy atom. The summed E-state index contributed by atoms with van der Waals surface area (Å²) in [7, 11) is 0. The Bertz CT molecular complexity index is 592. The van der Waals surface area contributed by atoms with Gasteiger partial charge in [-0.05, 0) is 56.2 Å². The molecule has 98 valence electrons. The number of nitrogens with one attached hydrogen (secondary N) is 1. The van der Waals surface area contributed by atoms with Crippen LogP contribution in [0.15, 0.2) is 36.4 Å². The molecule has 0 atom stereocenters. The van der Waals surface area contributed by atoms with Gasteiger partial charge in [-0.25, -0.2) is 0 Å². The van der Waals surface area contributed by atoms with Crippen LogP contribution in [0, 0.1) is 20.8 Å². The van der Waals surface area contributed by atoms with Gasteiger partial charge in [-0.15, -0.1) is 0 Å². The van der Waals surface area contributed by atoms with E-state index in [0.29, 0.717) is 5.56 Å². The largest absolute Gasteiger partial charge is 0.508 e. The Labute approximate surface area is 112 Å². The van der Waals surface area contributed by atoms with Crippen molar-refractivity contribution in [1.82, 2.24) is 0 Å². The molecule has 0 heterocycles. The number of hydrogen-bond acceptors (Lipinski definition) is 2. The van der Waals surface area contributed by atoms with Crippen LogP contribution >= 0.6 is 0 Å². The van der Waals surface area contributed by atoms with Gasteiger partial charge in [0.1, 0.15) is 5.75 Å². The van der Waals surface area contributed by atoms with Crippen LogP contribution < -0.4 is 5.32 Å². The van der Waals surface area contributed by atoms with E-state index in [1.807, 2.05) is 32.9 Å². The van der Waals surface area contributed by atoms with Crippen molar-refractivity contribution in [3.63, 3.8) is 0 Å². The van der Waals surface area contributed by atoms with E-state index < -0.39 is 0 Å². The molecule has 0 saturated heterocycles. The number of aromatic hydroxyl groups is 1. The van der Waals surface area contributed by atoms with Gasteiger partial charge in [0, 0.05) is 11.3 Å². The lowest BCUT2D eigenvalue weighted by atomic mass is 10.0. The lowest BCUT2D eigenvalue weighted by Crippen LogP contribution is -2.13. The average Bonchev–Trinajstić information content (AvgIpc) is 2.34. The highest BCUT2D eigenvalue weighted by Gasteiger charge is 2.10. The number of hydrogen-bond donors (Lipinski definition) is 2. The maximum Gasteiger partial charge on any atom is 0.255 e. The summed E-state index contributed by atoms with van der Waals surface area (Å²) in [6, 6.07) is 10.3. The first-order chi connectivity index (χ1) is 8.97. The van der Waals surface area contributed by atoms with E-state index in [4.69, 9.17) is 0 Å². The van der Waals surface area contributed by atoms with E-state index in [0.717, 1.165) is 16.8 Å². The molecule has 3 nitrogen and oxygen atoms in total. The average molecular weight is 255 g/mol. The lowest BCUT2D eigenvalue weighted by molar-refractivity contribution is 0.102. The van der Waals surface area contributed by atoms with Gasteiger partial charge in [0.25, 0.3) is 5.91 Å². The Balaban J connectivity index is 2.26. The smallest absolute Gasteiger partial charge is 0.255 e. The molecule has 0 bridgehead atoms. The molecule has 2 rings (SSSR count). The molecule has 0 aromatic heterocycles. The van der Waals surface area contributed by atoms with Crippen LogP contribution in [0.25, 0.3) is 0 Å². The third-order valence-corrected chi connectivity index (χ3v) is 3.05. The van der Waals surface area contributed by atoms with Gasteiger partial charge >= 0.3 is 0 Å². The van der Waals surface area contributed by atoms with Crippen molar-refractivity contribution < 1.29 is 9.90 Å². The number of phenolic OH excluding ortho intramolecular Hbond substituents is 1. The highest BCUT2D eigenvalue weighted by atomic mass is 16.3. The van der Waals surface area contributed by atoms with Gasteiger partial charge in [0.15, 0.2) is 0 Å². The van der Waals surface area contributed by atoms with Crippen molar-refractivity contribution in [2.24, 2.45) is 0 Å². The van der Waals surface area contributed by atoms with Gasteiger partial charge in [-0.2, -0.15) is 0 Å². The van der Waals surface area contributed by atoms with E-state index >= 15 is 0 Å². The molecule has 19 heavy (non-hydrogen) atoms. The fraction of sp³-hybridized carbons (Fsp3) is 0.188. The quantitative estimate of drug-likeness (QED) is 0.861. The zero-order valence-corrected chi connectivity index (χ0v) is 11.3. The van der Waals surface area contributed by atoms with Crippen LogP contribution in [-0.4, -0.2) is 11.0 Å². The molecule has 2 aromatic carbocycles. The minimum Gasteiger partial charge on any atom is -0.508 e. The zero-order chi connectivity index (χ0) is 14.0. The molecular weight excluding hydrogens is 238 g/mol. The summed E-state index contributed by atoms with van der Waals surface area (Å²) in [4.78, 5) is 12.1. The summed E-state index contributed by atoms with van der Waals surface area (Å²) in [6.45, 7) is 5.99. The van der Waals surface area contributed by atoms with Crippen molar-refractivity contribution in [2.75, 3.05) is 5.32 Å². The van der Waals surface area contributed by atoms with E-state index in [1.165, 1.54) is 17.7 Å². The van der Waals surface area contributed by atoms with Crippen molar-refractivity contribution >= 4 is 11.6 Å². The number of carbonyl (C=O) groups excluding carboxylic acids is 1. The number of anilines is 1. The van der Waals surface area contributed by atoms with E-state index in [2.05, 4.69) is 5.32 Å². The second kappa shape index (κ2) is 5.14. The topological polar surface area (TPSA) is 49.3 Å². The second-order valence-corrected chi connectivity index (χ2v) is 4.77. The van der Waals surface area contributed by atoms with Crippen molar-refractivity contribution in [3.05, 3.63) is 58.7 Å². The van der Waals surface area contributed by atoms with Gasteiger partial charge in [0.2, 0.25) is 0 Å². The standard InChI is InChI=1S/C16H17NO2/c1-10-8-11(2)15(12(3)9-10)17-16(19)13-4-6-14(18)7-5-13/h4-9,18H,1-3H3,(H,17,19). The number of amides is 1. The van der Waals surface area contributed by atoms with Crippen LogP contribution in [0.2, 0.25) is 0 Å². The number of phenols is 1. The minimum atomic E-state index is -0.171. The summed E-state index contributed by atoms with van der Waals surface area (Å²) >= 11 is 0. The third-order valence-electron chi connectivity index (χ3n) is 3.05. The van der Waals surface area contributed by atoms with E-state index in [1.54, 1.807) is 12.1 Å². The number of aryl methyl sites for hydroxylation is 3. The summed E-state index contributed by atoms with van der Waals surface area (Å²) in [5, 5.41) is 12.1. The van der Waals surface area contributed by atoms with Gasteiger partial charge in [-0.3, -0.25) is 4.79 Å². The number of rotatable bonds is 2. The predicted molar refractivity (Wildman–Crippen MR) is 76.7 cm³/mol. The molecule has 1 amide bonds. The van der Waals surface area contributed by atoms with Crippen molar-refractivity contribution in [1.29, 1.82) is 0 Å². The molecule has 2 N–H and O–H groups in total. The first kappa shape index (κ1) is 13.1. The van der Waals surface area contributed by atoms with Gasteiger partial charge in [0.05, 0.1) is 0 Å². The van der Waals surface area contributed by atoms with Crippen LogP contribution in [-0.2, 0) is 0 Å². The normalized spacial score (nSPS) is 10.3. The molecule has 0 unspecified atom stereocenters. The van der Waals surface area contributed by atoms with Crippen molar-refractivity contribution in [3.8, 4) is 5.75 Å². The lowest BCUT2D eigenvalue weighted by Gasteiger charge is -2.12. The van der Waals surface area contributed by atoms with Gasteiger partial charge in [-0.1, -0.05) is 17.7 Å². The summed E-state index contributed by atoms with van der Waals surface area (Å²) < 4.78 is 0. The molecule has 0 saturated carbocycles. The first-order valence-corrected chi connectivity index (χ1v) is 6.15. The highest BCUT2D eigenvalue weighted by molar-refractivity contribution is 6.05. The Hall–Kier alpha value is -2.29. The maximum atomic E-state index is 12.1. The molecule has 0 aliphatic rings. The second-order valence-electron chi connectivity index (χ2n) is 4.77. The molecule has 0 aliphatic heterocycles. The zero-order valence-electron chi connectivity index (χ0n) is 11.3. The maximum absolute atomic E-state index is 12.1. The van der Waals surface area contributed by atoms with Crippen LogP contribution in [0.3, 0.4) is 0 Å². The van der Waals surface area contributed by atoms with Crippen LogP contribution in [0.1, 0.15) is 27.0 Å². The van der Waals surface area contributed by atoms with Crippen molar-refractivity contribution in [2.45, 2.75) is 20.8 Å². The molecule has 0 spiro atoms. The SMILES string of the molecule is Cc1cc(C)c(NC(=O)c2ccc(O)cc2)c(C)c1. The molecule has 0 fully saturated rings.